The van der Waals surface area contributed by atoms with Gasteiger partial charge in [-0.05, 0) is 50.4 Å². The number of hydrogen-bond donors (Lipinski definition) is 1. The first-order valence-electron chi connectivity index (χ1n) is 7.57. The van der Waals surface area contributed by atoms with Crippen molar-refractivity contribution in [3.8, 4) is 11.1 Å². The second-order valence-electron chi connectivity index (χ2n) is 5.60. The SMILES string of the molecule is NCc1cccc(-c2c3ccccc3cc3ccccc23)c1. The zero-order valence-electron chi connectivity index (χ0n) is 12.3. The zero-order valence-corrected chi connectivity index (χ0v) is 12.3. The van der Waals surface area contributed by atoms with E-state index in [1.165, 1.54) is 32.7 Å². The van der Waals surface area contributed by atoms with Crippen LogP contribution in [0.1, 0.15) is 5.56 Å². The molecular formula is C21H17N. The lowest BCUT2D eigenvalue weighted by Gasteiger charge is -2.13. The molecule has 22 heavy (non-hydrogen) atoms. The molecule has 0 aliphatic carbocycles. The molecule has 0 radical (unpaired) electrons. The van der Waals surface area contributed by atoms with Crippen LogP contribution in [0.3, 0.4) is 0 Å². The number of benzene rings is 4. The summed E-state index contributed by atoms with van der Waals surface area (Å²) in [6, 6.07) is 28.0. The van der Waals surface area contributed by atoms with E-state index in [0.29, 0.717) is 6.54 Å². The topological polar surface area (TPSA) is 26.0 Å². The third-order valence-electron chi connectivity index (χ3n) is 4.22. The Kier molecular flexibility index (Phi) is 3.14. The lowest BCUT2D eigenvalue weighted by molar-refractivity contribution is 1.07. The van der Waals surface area contributed by atoms with Crippen LogP contribution in [0.15, 0.2) is 78.9 Å². The minimum Gasteiger partial charge on any atom is -0.326 e. The van der Waals surface area contributed by atoms with Gasteiger partial charge < -0.3 is 5.73 Å². The van der Waals surface area contributed by atoms with Crippen LogP contribution >= 0.6 is 0 Å². The van der Waals surface area contributed by atoms with Gasteiger partial charge in [-0.1, -0.05) is 66.7 Å². The first kappa shape index (κ1) is 13.1. The van der Waals surface area contributed by atoms with Crippen molar-refractivity contribution in [3.63, 3.8) is 0 Å². The Labute approximate surface area is 130 Å². The van der Waals surface area contributed by atoms with Crippen molar-refractivity contribution in [2.45, 2.75) is 6.54 Å². The number of nitrogens with two attached hydrogens (primary N) is 1. The Bertz CT molecular complexity index is 916. The summed E-state index contributed by atoms with van der Waals surface area (Å²) in [6.07, 6.45) is 0. The van der Waals surface area contributed by atoms with Crippen LogP contribution in [0.4, 0.5) is 0 Å². The fourth-order valence-electron chi connectivity index (χ4n) is 3.18. The average molecular weight is 283 g/mol. The van der Waals surface area contributed by atoms with Gasteiger partial charge in [0.2, 0.25) is 0 Å². The highest BCUT2D eigenvalue weighted by Crippen LogP contribution is 2.36. The van der Waals surface area contributed by atoms with Crippen LogP contribution in [0.25, 0.3) is 32.7 Å². The van der Waals surface area contributed by atoms with Gasteiger partial charge in [0.25, 0.3) is 0 Å². The monoisotopic (exact) mass is 283 g/mol. The molecule has 0 atom stereocenters. The van der Waals surface area contributed by atoms with E-state index in [0.717, 1.165) is 5.56 Å². The van der Waals surface area contributed by atoms with Crippen molar-refractivity contribution >= 4 is 21.5 Å². The minimum absolute atomic E-state index is 0.566. The summed E-state index contributed by atoms with van der Waals surface area (Å²) < 4.78 is 0. The quantitative estimate of drug-likeness (QED) is 0.508. The van der Waals surface area contributed by atoms with E-state index < -0.39 is 0 Å². The van der Waals surface area contributed by atoms with Gasteiger partial charge in [-0.2, -0.15) is 0 Å². The predicted molar refractivity (Wildman–Crippen MR) is 94.8 cm³/mol. The van der Waals surface area contributed by atoms with Gasteiger partial charge in [0.15, 0.2) is 0 Å². The van der Waals surface area contributed by atoms with Crippen molar-refractivity contribution in [3.05, 3.63) is 84.4 Å². The van der Waals surface area contributed by atoms with Crippen molar-refractivity contribution in [1.82, 2.24) is 0 Å². The van der Waals surface area contributed by atoms with Gasteiger partial charge in [-0.3, -0.25) is 0 Å². The summed E-state index contributed by atoms with van der Waals surface area (Å²) >= 11 is 0. The molecule has 0 heterocycles. The van der Waals surface area contributed by atoms with E-state index in [-0.39, 0.29) is 0 Å². The van der Waals surface area contributed by atoms with E-state index >= 15 is 0 Å². The zero-order chi connectivity index (χ0) is 14.9. The van der Waals surface area contributed by atoms with Crippen LogP contribution in [0.5, 0.6) is 0 Å². The highest BCUT2D eigenvalue weighted by Gasteiger charge is 2.09. The van der Waals surface area contributed by atoms with E-state index in [1.807, 2.05) is 0 Å². The molecule has 106 valence electrons. The first-order chi connectivity index (χ1) is 10.9. The van der Waals surface area contributed by atoms with Crippen molar-refractivity contribution in [2.75, 3.05) is 0 Å². The number of fused-ring (bicyclic) bond motifs is 2. The molecule has 0 spiro atoms. The molecule has 1 nitrogen and oxygen atoms in total. The molecule has 0 aliphatic heterocycles. The Morgan fingerprint density at radius 3 is 1.91 bits per heavy atom. The third kappa shape index (κ3) is 2.07. The molecule has 0 unspecified atom stereocenters. The molecule has 0 amide bonds. The smallest absolute Gasteiger partial charge is 0.0178 e. The molecule has 0 saturated heterocycles. The molecule has 4 rings (SSSR count). The summed E-state index contributed by atoms with van der Waals surface area (Å²) in [7, 11) is 0. The van der Waals surface area contributed by atoms with Crippen LogP contribution in [-0.2, 0) is 6.54 Å². The number of hydrogen-bond acceptors (Lipinski definition) is 1. The summed E-state index contributed by atoms with van der Waals surface area (Å²) in [4.78, 5) is 0. The van der Waals surface area contributed by atoms with Gasteiger partial charge >= 0.3 is 0 Å². The molecule has 1 heteroatoms. The van der Waals surface area contributed by atoms with Gasteiger partial charge in [0.1, 0.15) is 0 Å². The van der Waals surface area contributed by atoms with Crippen molar-refractivity contribution in [1.29, 1.82) is 0 Å². The predicted octanol–water partition coefficient (Wildman–Crippen LogP) is 5.12. The largest absolute Gasteiger partial charge is 0.326 e. The summed E-state index contributed by atoms with van der Waals surface area (Å²) in [5.41, 5.74) is 9.51. The highest BCUT2D eigenvalue weighted by molar-refractivity contribution is 6.12. The van der Waals surface area contributed by atoms with E-state index in [2.05, 4.69) is 78.9 Å². The maximum Gasteiger partial charge on any atom is 0.0178 e. The van der Waals surface area contributed by atoms with E-state index in [4.69, 9.17) is 5.73 Å². The minimum atomic E-state index is 0.566. The van der Waals surface area contributed by atoms with Gasteiger partial charge in [0.05, 0.1) is 0 Å². The molecule has 0 bridgehead atoms. The standard InChI is InChI=1S/C21H17N/c22-14-15-6-5-9-18(12-15)21-19-10-3-1-7-16(19)13-17-8-2-4-11-20(17)21/h1-13H,14,22H2. The Hall–Kier alpha value is -2.64. The lowest BCUT2D eigenvalue weighted by atomic mass is 9.91. The second kappa shape index (κ2) is 5.28. The fourth-order valence-corrected chi connectivity index (χ4v) is 3.18. The Morgan fingerprint density at radius 2 is 1.27 bits per heavy atom. The second-order valence-corrected chi connectivity index (χ2v) is 5.60. The summed E-state index contributed by atoms with van der Waals surface area (Å²) in [5, 5.41) is 5.12. The van der Waals surface area contributed by atoms with Crippen LogP contribution in [0, 0.1) is 0 Å². The van der Waals surface area contributed by atoms with Gasteiger partial charge in [-0.15, -0.1) is 0 Å². The van der Waals surface area contributed by atoms with E-state index in [9.17, 15) is 0 Å². The lowest BCUT2D eigenvalue weighted by Crippen LogP contribution is -1.96. The Morgan fingerprint density at radius 1 is 0.636 bits per heavy atom. The van der Waals surface area contributed by atoms with Crippen molar-refractivity contribution < 1.29 is 0 Å². The van der Waals surface area contributed by atoms with Gasteiger partial charge in [-0.25, -0.2) is 0 Å². The van der Waals surface area contributed by atoms with Crippen LogP contribution < -0.4 is 5.73 Å². The molecule has 0 fully saturated rings. The van der Waals surface area contributed by atoms with Crippen LogP contribution in [0.2, 0.25) is 0 Å². The van der Waals surface area contributed by atoms with E-state index in [1.54, 1.807) is 0 Å². The molecule has 4 aromatic rings. The molecular weight excluding hydrogens is 266 g/mol. The normalized spacial score (nSPS) is 11.1. The molecule has 0 saturated carbocycles. The molecule has 0 aliphatic rings. The average Bonchev–Trinajstić information content (AvgIpc) is 2.59. The van der Waals surface area contributed by atoms with Crippen LogP contribution in [-0.4, -0.2) is 0 Å². The Balaban J connectivity index is 2.16. The summed E-state index contributed by atoms with van der Waals surface area (Å²) in [5.74, 6) is 0. The number of rotatable bonds is 2. The molecule has 0 aromatic heterocycles. The van der Waals surface area contributed by atoms with Gasteiger partial charge in [0, 0.05) is 6.54 Å². The molecule has 2 N–H and O–H groups in total. The summed E-state index contributed by atoms with van der Waals surface area (Å²) in [6.45, 7) is 0.566. The highest BCUT2D eigenvalue weighted by atomic mass is 14.5. The maximum atomic E-state index is 5.82. The fraction of sp³-hybridized carbons (Fsp3) is 0.0476. The third-order valence-corrected chi connectivity index (χ3v) is 4.22. The molecule has 4 aromatic carbocycles. The van der Waals surface area contributed by atoms with Crippen molar-refractivity contribution in [2.24, 2.45) is 5.73 Å². The first-order valence-corrected chi connectivity index (χ1v) is 7.57. The maximum absolute atomic E-state index is 5.82.